The number of terminal acetylenes is 1. The normalized spacial score (nSPS) is 16.0. The summed E-state index contributed by atoms with van der Waals surface area (Å²) >= 11 is 0. The lowest BCUT2D eigenvalue weighted by Gasteiger charge is -2.26. The first-order chi connectivity index (χ1) is 10.2. The molecule has 1 N–H and O–H groups in total. The first-order valence-electron chi connectivity index (χ1n) is 7.38. The van der Waals surface area contributed by atoms with Crippen LogP contribution in [0, 0.1) is 12.3 Å². The molecule has 0 spiro atoms. The van der Waals surface area contributed by atoms with Crippen LogP contribution < -0.4 is 10.1 Å². The van der Waals surface area contributed by atoms with Crippen molar-refractivity contribution in [2.45, 2.75) is 32.2 Å². The molecule has 1 aliphatic carbocycles. The van der Waals surface area contributed by atoms with Gasteiger partial charge < -0.3 is 9.64 Å². The van der Waals surface area contributed by atoms with Crippen LogP contribution in [-0.2, 0) is 6.42 Å². The number of amides is 1. The molecule has 1 atom stereocenters. The number of ether oxygens (including phenoxy) is 1. The summed E-state index contributed by atoms with van der Waals surface area (Å²) in [6, 6.07) is 6.17. The number of benzene rings is 1. The minimum atomic E-state index is -0.324. The Bertz CT molecular complexity index is 554. The van der Waals surface area contributed by atoms with Gasteiger partial charge >= 0.3 is 6.09 Å². The van der Waals surface area contributed by atoms with E-state index in [0.29, 0.717) is 24.9 Å². The van der Waals surface area contributed by atoms with Gasteiger partial charge in [0, 0.05) is 19.6 Å². The second kappa shape index (κ2) is 8.67. The lowest BCUT2D eigenvalue weighted by Crippen LogP contribution is -2.29. The van der Waals surface area contributed by atoms with E-state index in [4.69, 9.17) is 11.2 Å². The fraction of sp³-hybridized carbons (Fsp3) is 0.471. The molecule has 1 amide bonds. The van der Waals surface area contributed by atoms with Gasteiger partial charge in [0.25, 0.3) is 0 Å². The van der Waals surface area contributed by atoms with E-state index in [1.807, 2.05) is 25.1 Å². The second-order valence-corrected chi connectivity index (χ2v) is 5.27. The summed E-state index contributed by atoms with van der Waals surface area (Å²) in [6.07, 6.45) is 8.20. The van der Waals surface area contributed by atoms with Gasteiger partial charge in [-0.1, -0.05) is 12.0 Å². The Kier molecular flexibility index (Phi) is 7.23. The molecule has 0 aromatic heterocycles. The second-order valence-electron chi connectivity index (χ2n) is 5.27. The molecule has 120 valence electrons. The number of aryl methyl sites for hydroxylation is 1. The number of hydrogen-bond donors (Lipinski definition) is 1. The van der Waals surface area contributed by atoms with E-state index in [2.05, 4.69) is 11.2 Å². The van der Waals surface area contributed by atoms with Gasteiger partial charge in [0.2, 0.25) is 0 Å². The largest absolute Gasteiger partial charge is 0.414 e. The van der Waals surface area contributed by atoms with Crippen LogP contribution in [0.2, 0.25) is 0 Å². The van der Waals surface area contributed by atoms with Gasteiger partial charge in [0.05, 0.1) is 6.54 Å². The van der Waals surface area contributed by atoms with Crippen LogP contribution in [0.5, 0.6) is 5.75 Å². The van der Waals surface area contributed by atoms with Crippen molar-refractivity contribution in [2.24, 2.45) is 0 Å². The fourth-order valence-electron chi connectivity index (χ4n) is 2.56. The number of rotatable bonds is 4. The predicted octanol–water partition coefficient (Wildman–Crippen LogP) is 3.16. The molecule has 0 radical (unpaired) electrons. The molecule has 0 bridgehead atoms. The van der Waals surface area contributed by atoms with Crippen molar-refractivity contribution in [3.63, 3.8) is 0 Å². The first-order valence-corrected chi connectivity index (χ1v) is 7.38. The molecule has 0 fully saturated rings. The first kappa shape index (κ1) is 18.3. The molecule has 0 heterocycles. The van der Waals surface area contributed by atoms with E-state index in [9.17, 15) is 4.79 Å². The third kappa shape index (κ3) is 4.40. The van der Waals surface area contributed by atoms with E-state index in [1.165, 1.54) is 16.0 Å². The van der Waals surface area contributed by atoms with E-state index in [-0.39, 0.29) is 18.5 Å². The Labute approximate surface area is 138 Å². The topological polar surface area (TPSA) is 41.6 Å². The molecule has 0 saturated heterocycles. The number of nitrogens with one attached hydrogen (secondary N) is 1. The molecule has 1 aromatic carbocycles. The Balaban J connectivity index is 0.00000242. The molecule has 0 aliphatic heterocycles. The summed E-state index contributed by atoms with van der Waals surface area (Å²) in [5, 5.41) is 3.36. The summed E-state index contributed by atoms with van der Waals surface area (Å²) in [5.41, 5.74) is 2.50. The van der Waals surface area contributed by atoms with Crippen molar-refractivity contribution < 1.29 is 9.53 Å². The van der Waals surface area contributed by atoms with Crippen LogP contribution in [0.25, 0.3) is 0 Å². The lowest BCUT2D eigenvalue weighted by atomic mass is 9.87. The van der Waals surface area contributed by atoms with E-state index in [1.54, 1.807) is 7.05 Å². The zero-order valence-electron chi connectivity index (χ0n) is 13.1. The molecular formula is C17H23ClN2O2. The minimum absolute atomic E-state index is 0. The lowest BCUT2D eigenvalue weighted by molar-refractivity contribution is 0.165. The highest BCUT2D eigenvalue weighted by atomic mass is 35.5. The van der Waals surface area contributed by atoms with Gasteiger partial charge in [-0.2, -0.15) is 0 Å². The Morgan fingerprint density at radius 2 is 2.32 bits per heavy atom. The van der Waals surface area contributed by atoms with Crippen molar-refractivity contribution >= 4 is 18.5 Å². The number of halogens is 1. The zero-order chi connectivity index (χ0) is 15.2. The van der Waals surface area contributed by atoms with Crippen molar-refractivity contribution in [3.05, 3.63) is 29.3 Å². The number of carbonyl (C=O) groups excluding carboxylic acids is 1. The van der Waals surface area contributed by atoms with Gasteiger partial charge in [-0.15, -0.1) is 18.8 Å². The van der Waals surface area contributed by atoms with Crippen molar-refractivity contribution in [2.75, 3.05) is 20.1 Å². The Hall–Kier alpha value is -1.70. The van der Waals surface area contributed by atoms with Crippen LogP contribution in [0.1, 0.15) is 36.9 Å². The third-order valence-corrected chi connectivity index (χ3v) is 3.87. The van der Waals surface area contributed by atoms with Gasteiger partial charge in [0.1, 0.15) is 5.75 Å². The summed E-state index contributed by atoms with van der Waals surface area (Å²) in [4.78, 5) is 13.3. The highest BCUT2D eigenvalue weighted by Crippen LogP contribution is 2.32. The minimum Gasteiger partial charge on any atom is -0.410 e. The molecule has 2 rings (SSSR count). The SMILES string of the molecule is C#CCNC1CCCc2cc(OC(=O)N(C)CC)ccc21.Cl. The smallest absolute Gasteiger partial charge is 0.410 e. The number of fused-ring (bicyclic) bond motifs is 1. The standard InChI is InChI=1S/C17H22N2O2.ClH/c1-4-11-18-16-8-6-7-13-12-14(9-10-15(13)16)21-17(20)19(3)5-2;/h1,9-10,12,16,18H,5-8,11H2,2-3H3;1H. The maximum atomic E-state index is 11.8. The summed E-state index contributed by atoms with van der Waals surface area (Å²) in [5.74, 6) is 3.22. The van der Waals surface area contributed by atoms with Crippen molar-refractivity contribution in [3.8, 4) is 18.1 Å². The molecular weight excluding hydrogens is 300 g/mol. The van der Waals surface area contributed by atoms with Crippen molar-refractivity contribution in [1.29, 1.82) is 0 Å². The van der Waals surface area contributed by atoms with E-state index in [0.717, 1.165) is 19.3 Å². The maximum Gasteiger partial charge on any atom is 0.414 e. The van der Waals surface area contributed by atoms with Crippen LogP contribution in [0.4, 0.5) is 4.79 Å². The zero-order valence-corrected chi connectivity index (χ0v) is 13.9. The van der Waals surface area contributed by atoms with Crippen LogP contribution >= 0.6 is 12.4 Å². The third-order valence-electron chi connectivity index (χ3n) is 3.87. The van der Waals surface area contributed by atoms with Gasteiger partial charge in [0.15, 0.2) is 0 Å². The van der Waals surface area contributed by atoms with Gasteiger partial charge in [-0.05, 0) is 49.4 Å². The Morgan fingerprint density at radius 3 is 3.00 bits per heavy atom. The predicted molar refractivity (Wildman–Crippen MR) is 90.5 cm³/mol. The molecule has 0 saturated carbocycles. The maximum absolute atomic E-state index is 11.8. The molecule has 1 aromatic rings. The quantitative estimate of drug-likeness (QED) is 0.866. The van der Waals surface area contributed by atoms with E-state index < -0.39 is 0 Å². The summed E-state index contributed by atoms with van der Waals surface area (Å²) in [7, 11) is 1.72. The number of hydrogen-bond acceptors (Lipinski definition) is 3. The van der Waals surface area contributed by atoms with Gasteiger partial charge in [-0.25, -0.2) is 4.79 Å². The number of carbonyl (C=O) groups is 1. The molecule has 22 heavy (non-hydrogen) atoms. The number of nitrogens with zero attached hydrogens (tertiary/aromatic N) is 1. The van der Waals surface area contributed by atoms with Gasteiger partial charge in [-0.3, -0.25) is 5.32 Å². The summed E-state index contributed by atoms with van der Waals surface area (Å²) in [6.45, 7) is 3.11. The fourth-order valence-corrected chi connectivity index (χ4v) is 2.56. The molecule has 1 aliphatic rings. The van der Waals surface area contributed by atoms with Crippen LogP contribution in [0.3, 0.4) is 0 Å². The van der Waals surface area contributed by atoms with E-state index >= 15 is 0 Å². The highest BCUT2D eigenvalue weighted by Gasteiger charge is 2.20. The average Bonchev–Trinajstić information content (AvgIpc) is 2.51. The molecule has 4 nitrogen and oxygen atoms in total. The monoisotopic (exact) mass is 322 g/mol. The van der Waals surface area contributed by atoms with Crippen LogP contribution in [0.15, 0.2) is 18.2 Å². The molecule has 5 heteroatoms. The van der Waals surface area contributed by atoms with Crippen LogP contribution in [-0.4, -0.2) is 31.1 Å². The molecule has 1 unspecified atom stereocenters. The highest BCUT2D eigenvalue weighted by molar-refractivity contribution is 5.85. The average molecular weight is 323 g/mol. The summed E-state index contributed by atoms with van der Waals surface area (Å²) < 4.78 is 5.38. The Morgan fingerprint density at radius 1 is 1.55 bits per heavy atom. The van der Waals surface area contributed by atoms with Crippen molar-refractivity contribution in [1.82, 2.24) is 10.2 Å².